The van der Waals surface area contributed by atoms with Gasteiger partial charge in [0, 0.05) is 37.0 Å². The second-order valence-electron chi connectivity index (χ2n) is 9.02. The van der Waals surface area contributed by atoms with Gasteiger partial charge in [-0.15, -0.1) is 10.2 Å². The average Bonchev–Trinajstić information content (AvgIpc) is 3.29. The summed E-state index contributed by atoms with van der Waals surface area (Å²) >= 11 is 0. The molecule has 3 N–H and O–H groups in total. The lowest BCUT2D eigenvalue weighted by molar-refractivity contribution is 0.0724. The maximum Gasteiger partial charge on any atom is 0.289 e. The van der Waals surface area contributed by atoms with Crippen LogP contribution in [0.15, 0.2) is 36.4 Å². The van der Waals surface area contributed by atoms with Crippen molar-refractivity contribution >= 4 is 11.8 Å². The SMILES string of the molecule is CCNC(=O)c1nnc(-c2cc(C(C)C)c(O)cc2O)n1-c1ccc(C(=O)N2CCCCC2)cc1. The smallest absolute Gasteiger partial charge is 0.289 e. The van der Waals surface area contributed by atoms with Gasteiger partial charge in [0.05, 0.1) is 5.56 Å². The fraction of sp³-hybridized carbons (Fsp3) is 0.385. The molecule has 35 heavy (non-hydrogen) atoms. The highest BCUT2D eigenvalue weighted by Gasteiger charge is 2.25. The molecule has 2 aromatic carbocycles. The van der Waals surface area contributed by atoms with E-state index in [0.717, 1.165) is 32.4 Å². The van der Waals surface area contributed by atoms with Gasteiger partial charge in [0.25, 0.3) is 11.8 Å². The van der Waals surface area contributed by atoms with Crippen LogP contribution < -0.4 is 5.32 Å². The molecule has 9 heteroatoms. The molecule has 1 aliphatic rings. The van der Waals surface area contributed by atoms with Crippen LogP contribution in [0.5, 0.6) is 11.5 Å². The summed E-state index contributed by atoms with van der Waals surface area (Å²) in [6.07, 6.45) is 3.17. The summed E-state index contributed by atoms with van der Waals surface area (Å²) in [4.78, 5) is 27.5. The number of aromatic hydroxyl groups is 2. The number of amides is 2. The van der Waals surface area contributed by atoms with Crippen LogP contribution in [0.4, 0.5) is 0 Å². The Morgan fingerprint density at radius 3 is 2.31 bits per heavy atom. The van der Waals surface area contributed by atoms with Crippen molar-refractivity contribution in [2.45, 2.75) is 46.0 Å². The van der Waals surface area contributed by atoms with Crippen LogP contribution >= 0.6 is 0 Å². The number of rotatable bonds is 6. The van der Waals surface area contributed by atoms with E-state index in [1.807, 2.05) is 18.7 Å². The number of hydrogen-bond acceptors (Lipinski definition) is 6. The van der Waals surface area contributed by atoms with Crippen LogP contribution in [0.25, 0.3) is 17.1 Å². The molecule has 0 bridgehead atoms. The molecule has 1 aromatic heterocycles. The molecule has 0 atom stereocenters. The monoisotopic (exact) mass is 477 g/mol. The van der Waals surface area contributed by atoms with Crippen LogP contribution in [0, 0.1) is 0 Å². The highest BCUT2D eigenvalue weighted by atomic mass is 16.3. The number of phenolic OH excluding ortho intramolecular Hbond substituents is 2. The number of hydrogen-bond donors (Lipinski definition) is 3. The molecule has 4 rings (SSSR count). The zero-order chi connectivity index (χ0) is 25.1. The van der Waals surface area contributed by atoms with Crippen LogP contribution in [-0.4, -0.2) is 61.3 Å². The zero-order valence-corrected chi connectivity index (χ0v) is 20.3. The van der Waals surface area contributed by atoms with Crippen molar-refractivity contribution in [3.63, 3.8) is 0 Å². The second-order valence-corrected chi connectivity index (χ2v) is 9.02. The summed E-state index contributed by atoms with van der Waals surface area (Å²) in [6, 6.07) is 9.88. The van der Waals surface area contributed by atoms with Crippen molar-refractivity contribution in [1.82, 2.24) is 25.0 Å². The third-order valence-electron chi connectivity index (χ3n) is 6.23. The van der Waals surface area contributed by atoms with Crippen LogP contribution in [0.1, 0.15) is 72.5 Å². The number of piperidine rings is 1. The average molecular weight is 478 g/mol. The standard InChI is InChI=1S/C26H31N5O4/c1-4-27-25(34)24-29-28-23(20-14-19(16(2)3)21(32)15-22(20)33)31(24)18-10-8-17(9-11-18)26(35)30-12-6-5-7-13-30/h8-11,14-16,32-33H,4-7,12-13H2,1-3H3,(H,27,34). The van der Waals surface area contributed by atoms with E-state index >= 15 is 0 Å². The molecule has 1 saturated heterocycles. The molecule has 0 spiro atoms. The predicted octanol–water partition coefficient (Wildman–Crippen LogP) is 3.84. The van der Waals surface area contributed by atoms with Gasteiger partial charge in [-0.3, -0.25) is 14.2 Å². The molecule has 1 fully saturated rings. The van der Waals surface area contributed by atoms with E-state index in [-0.39, 0.29) is 35.0 Å². The number of nitrogens with zero attached hydrogens (tertiary/aromatic N) is 4. The maximum absolute atomic E-state index is 12.9. The van der Waals surface area contributed by atoms with Gasteiger partial charge in [0.2, 0.25) is 5.82 Å². The fourth-order valence-electron chi connectivity index (χ4n) is 4.36. The number of carbonyl (C=O) groups excluding carboxylic acids is 2. The van der Waals surface area contributed by atoms with E-state index in [2.05, 4.69) is 15.5 Å². The molecule has 0 saturated carbocycles. The minimum Gasteiger partial charge on any atom is -0.508 e. The Morgan fingerprint density at radius 2 is 1.69 bits per heavy atom. The Bertz CT molecular complexity index is 1230. The van der Waals surface area contributed by atoms with Crippen LogP contribution in [-0.2, 0) is 0 Å². The van der Waals surface area contributed by atoms with Crippen molar-refractivity contribution in [3.05, 3.63) is 53.3 Å². The van der Waals surface area contributed by atoms with Crippen LogP contribution in [0.2, 0.25) is 0 Å². The third-order valence-corrected chi connectivity index (χ3v) is 6.23. The topological polar surface area (TPSA) is 121 Å². The number of carbonyl (C=O) groups is 2. The molecule has 9 nitrogen and oxygen atoms in total. The molecular formula is C26H31N5O4. The molecule has 0 aliphatic carbocycles. The Kier molecular flexibility index (Phi) is 7.04. The van der Waals surface area contributed by atoms with Crippen molar-refractivity contribution in [1.29, 1.82) is 0 Å². The lowest BCUT2D eigenvalue weighted by Gasteiger charge is -2.26. The highest BCUT2D eigenvalue weighted by Crippen LogP contribution is 2.38. The van der Waals surface area contributed by atoms with Gasteiger partial charge in [0.15, 0.2) is 5.82 Å². The summed E-state index contributed by atoms with van der Waals surface area (Å²) < 4.78 is 1.55. The van der Waals surface area contributed by atoms with E-state index in [0.29, 0.717) is 28.9 Å². The summed E-state index contributed by atoms with van der Waals surface area (Å²) in [5.41, 5.74) is 2.11. The lowest BCUT2D eigenvalue weighted by Crippen LogP contribution is -2.35. The Morgan fingerprint density at radius 1 is 1.00 bits per heavy atom. The van der Waals surface area contributed by atoms with Gasteiger partial charge < -0.3 is 20.4 Å². The van der Waals surface area contributed by atoms with Gasteiger partial charge in [-0.05, 0) is 68.0 Å². The van der Waals surface area contributed by atoms with Gasteiger partial charge in [-0.2, -0.15) is 0 Å². The Balaban J connectivity index is 1.79. The largest absolute Gasteiger partial charge is 0.508 e. The van der Waals surface area contributed by atoms with Crippen LogP contribution in [0.3, 0.4) is 0 Å². The number of likely N-dealkylation sites (tertiary alicyclic amines) is 1. The number of aromatic nitrogens is 3. The third kappa shape index (κ3) is 4.84. The molecule has 1 aliphatic heterocycles. The molecule has 0 unspecified atom stereocenters. The molecule has 2 amide bonds. The Hall–Kier alpha value is -3.88. The lowest BCUT2D eigenvalue weighted by atomic mass is 9.98. The first-order chi connectivity index (χ1) is 16.8. The fourth-order valence-corrected chi connectivity index (χ4v) is 4.36. The summed E-state index contributed by atoms with van der Waals surface area (Å²) in [5.74, 6) is -0.328. The van der Waals surface area contributed by atoms with E-state index in [1.54, 1.807) is 41.8 Å². The first-order valence-corrected chi connectivity index (χ1v) is 12.0. The first-order valence-electron chi connectivity index (χ1n) is 12.0. The van der Waals surface area contributed by atoms with Gasteiger partial charge in [0.1, 0.15) is 11.5 Å². The summed E-state index contributed by atoms with van der Waals surface area (Å²) in [6.45, 7) is 7.59. The molecular weight excluding hydrogens is 446 g/mol. The first kappa shape index (κ1) is 24.3. The number of phenols is 2. The minimum absolute atomic E-state index is 0.00587. The zero-order valence-electron chi connectivity index (χ0n) is 20.3. The van der Waals surface area contributed by atoms with Crippen molar-refractivity contribution in [2.75, 3.05) is 19.6 Å². The molecule has 2 heterocycles. The normalized spacial score (nSPS) is 13.8. The van der Waals surface area contributed by atoms with E-state index in [9.17, 15) is 19.8 Å². The molecule has 0 radical (unpaired) electrons. The molecule has 184 valence electrons. The van der Waals surface area contributed by atoms with Gasteiger partial charge in [-0.25, -0.2) is 0 Å². The summed E-state index contributed by atoms with van der Waals surface area (Å²) in [5, 5.41) is 32.0. The quantitative estimate of drug-likeness (QED) is 0.496. The predicted molar refractivity (Wildman–Crippen MR) is 132 cm³/mol. The van der Waals surface area contributed by atoms with Crippen molar-refractivity contribution in [2.24, 2.45) is 0 Å². The number of nitrogens with one attached hydrogen (secondary N) is 1. The van der Waals surface area contributed by atoms with Gasteiger partial charge >= 0.3 is 0 Å². The second kappa shape index (κ2) is 10.2. The minimum atomic E-state index is -0.415. The molecule has 3 aromatic rings. The van der Waals surface area contributed by atoms with E-state index < -0.39 is 5.91 Å². The highest BCUT2D eigenvalue weighted by molar-refractivity contribution is 5.95. The summed E-state index contributed by atoms with van der Waals surface area (Å²) in [7, 11) is 0. The maximum atomic E-state index is 12.9. The van der Waals surface area contributed by atoms with Gasteiger partial charge in [-0.1, -0.05) is 13.8 Å². The van der Waals surface area contributed by atoms with Crippen molar-refractivity contribution < 1.29 is 19.8 Å². The van der Waals surface area contributed by atoms with E-state index in [1.165, 1.54) is 6.07 Å². The number of benzene rings is 2. The Labute approximate surface area is 204 Å². The van der Waals surface area contributed by atoms with Crippen molar-refractivity contribution in [3.8, 4) is 28.6 Å². The van der Waals surface area contributed by atoms with E-state index in [4.69, 9.17) is 0 Å².